The highest BCUT2D eigenvalue weighted by molar-refractivity contribution is 5.94. The molecule has 2 aliphatic rings. The Morgan fingerprint density at radius 1 is 1.14 bits per heavy atom. The van der Waals surface area contributed by atoms with Crippen molar-refractivity contribution < 1.29 is 14.3 Å². The summed E-state index contributed by atoms with van der Waals surface area (Å²) in [7, 11) is 1.40. The van der Waals surface area contributed by atoms with E-state index < -0.39 is 0 Å². The summed E-state index contributed by atoms with van der Waals surface area (Å²) >= 11 is 0. The first-order chi connectivity index (χ1) is 13.9. The molecule has 2 N–H and O–H groups in total. The predicted octanol–water partition coefficient (Wildman–Crippen LogP) is 4.95. The summed E-state index contributed by atoms with van der Waals surface area (Å²) in [4.78, 5) is 24.4. The minimum absolute atomic E-state index is 0.0388. The third-order valence-electron chi connectivity index (χ3n) is 6.26. The van der Waals surface area contributed by atoms with Gasteiger partial charge in [0, 0.05) is 17.3 Å². The van der Waals surface area contributed by atoms with Crippen LogP contribution in [0.15, 0.2) is 42.5 Å². The monoisotopic (exact) mass is 392 g/mol. The molecule has 1 fully saturated rings. The van der Waals surface area contributed by atoms with E-state index in [1.165, 1.54) is 7.11 Å². The summed E-state index contributed by atoms with van der Waals surface area (Å²) in [6.07, 6.45) is 3.92. The van der Waals surface area contributed by atoms with E-state index in [4.69, 9.17) is 4.74 Å². The molecule has 0 spiro atoms. The topological polar surface area (TPSA) is 67.4 Å². The van der Waals surface area contributed by atoms with E-state index in [2.05, 4.69) is 30.5 Å². The molecule has 152 valence electrons. The maximum atomic E-state index is 12.5. The molecule has 4 rings (SSSR count). The van der Waals surface area contributed by atoms with Crippen molar-refractivity contribution >= 4 is 23.3 Å². The maximum Gasteiger partial charge on any atom is 0.337 e. The average molecular weight is 392 g/mol. The van der Waals surface area contributed by atoms with Crippen LogP contribution in [0.5, 0.6) is 0 Å². The number of methoxy groups -OCH3 is 1. The molecule has 1 atom stereocenters. The molecule has 29 heavy (non-hydrogen) atoms. The zero-order chi connectivity index (χ0) is 20.6. The van der Waals surface area contributed by atoms with Crippen molar-refractivity contribution in [2.24, 2.45) is 11.3 Å². The van der Waals surface area contributed by atoms with Crippen LogP contribution in [-0.4, -0.2) is 19.0 Å². The number of carbonyl (C=O) groups is 2. The second kappa shape index (κ2) is 7.54. The number of ether oxygens (including phenoxy) is 1. The van der Waals surface area contributed by atoms with Gasteiger partial charge in [-0.2, -0.15) is 0 Å². The van der Waals surface area contributed by atoms with Gasteiger partial charge in [0.2, 0.25) is 5.91 Å². The van der Waals surface area contributed by atoms with E-state index in [-0.39, 0.29) is 29.3 Å². The first kappa shape index (κ1) is 19.5. The van der Waals surface area contributed by atoms with Gasteiger partial charge < -0.3 is 15.4 Å². The molecule has 5 heteroatoms. The quantitative estimate of drug-likeness (QED) is 0.723. The van der Waals surface area contributed by atoms with Crippen LogP contribution in [0.1, 0.15) is 60.6 Å². The van der Waals surface area contributed by atoms with Crippen molar-refractivity contribution in [2.45, 2.75) is 45.6 Å². The zero-order valence-corrected chi connectivity index (χ0v) is 17.2. The van der Waals surface area contributed by atoms with Crippen molar-refractivity contribution in [3.8, 4) is 0 Å². The van der Waals surface area contributed by atoms with E-state index in [0.717, 1.165) is 48.2 Å². The molecule has 2 aromatic carbocycles. The first-order valence-electron chi connectivity index (χ1n) is 10.3. The molecule has 1 amide bonds. The van der Waals surface area contributed by atoms with E-state index in [0.29, 0.717) is 5.56 Å². The van der Waals surface area contributed by atoms with Crippen molar-refractivity contribution in [3.63, 3.8) is 0 Å². The van der Waals surface area contributed by atoms with Gasteiger partial charge in [-0.15, -0.1) is 0 Å². The molecule has 0 saturated heterocycles. The number of carbonyl (C=O) groups excluding carboxylic acids is 2. The Morgan fingerprint density at radius 2 is 1.90 bits per heavy atom. The Kier molecular flexibility index (Phi) is 5.07. The Labute approximate surface area is 171 Å². The van der Waals surface area contributed by atoms with Crippen LogP contribution >= 0.6 is 0 Å². The minimum atomic E-state index is -0.322. The lowest BCUT2D eigenvalue weighted by molar-refractivity contribution is -0.122. The Balaban J connectivity index is 1.64. The number of nitrogens with one attached hydrogen (secondary N) is 2. The van der Waals surface area contributed by atoms with Gasteiger partial charge in [0.05, 0.1) is 18.7 Å². The smallest absolute Gasteiger partial charge is 0.337 e. The summed E-state index contributed by atoms with van der Waals surface area (Å²) in [5, 5.41) is 6.82. The molecule has 0 radical (unpaired) electrons. The number of anilines is 2. The second-order valence-corrected chi connectivity index (χ2v) is 8.81. The maximum absolute atomic E-state index is 12.5. The molecule has 1 aliphatic carbocycles. The summed E-state index contributed by atoms with van der Waals surface area (Å²) in [6.45, 7) is 4.42. The average Bonchev–Trinajstić information content (AvgIpc) is 2.65. The van der Waals surface area contributed by atoms with Crippen LogP contribution in [-0.2, 0) is 16.0 Å². The number of rotatable bonds is 4. The molecule has 1 aliphatic heterocycles. The number of amides is 1. The third kappa shape index (κ3) is 3.74. The van der Waals surface area contributed by atoms with Crippen molar-refractivity contribution in [1.82, 2.24) is 0 Å². The minimum Gasteiger partial charge on any atom is -0.465 e. The van der Waals surface area contributed by atoms with Gasteiger partial charge in [-0.1, -0.05) is 38.5 Å². The van der Waals surface area contributed by atoms with E-state index in [9.17, 15) is 9.59 Å². The van der Waals surface area contributed by atoms with Crippen LogP contribution in [0.4, 0.5) is 11.4 Å². The molecule has 1 unspecified atom stereocenters. The summed E-state index contributed by atoms with van der Waals surface area (Å²) < 4.78 is 4.86. The fraction of sp³-hybridized carbons (Fsp3) is 0.417. The molecule has 1 heterocycles. The lowest BCUT2D eigenvalue weighted by Crippen LogP contribution is -2.36. The SMILES string of the molecule is COC(=O)c1ccc2c(c1)CC(C)(C)C(c1ccccc1NC(=O)C1CCC1)N2. The summed E-state index contributed by atoms with van der Waals surface area (Å²) in [6, 6.07) is 13.7. The summed E-state index contributed by atoms with van der Waals surface area (Å²) in [5.74, 6) is -0.0509. The van der Waals surface area contributed by atoms with Crippen molar-refractivity contribution in [2.75, 3.05) is 17.7 Å². The lowest BCUT2D eigenvalue weighted by Gasteiger charge is -2.42. The van der Waals surface area contributed by atoms with Gasteiger partial charge in [0.15, 0.2) is 0 Å². The first-order valence-corrected chi connectivity index (χ1v) is 10.3. The fourth-order valence-electron chi connectivity index (χ4n) is 4.34. The molecule has 1 saturated carbocycles. The Bertz CT molecular complexity index is 947. The molecule has 2 aromatic rings. The number of benzene rings is 2. The number of hydrogen-bond acceptors (Lipinski definition) is 4. The van der Waals surface area contributed by atoms with Crippen LogP contribution in [0.3, 0.4) is 0 Å². The lowest BCUT2D eigenvalue weighted by atomic mass is 9.72. The predicted molar refractivity (Wildman–Crippen MR) is 114 cm³/mol. The Hall–Kier alpha value is -2.82. The third-order valence-corrected chi connectivity index (χ3v) is 6.26. The number of para-hydroxylation sites is 1. The van der Waals surface area contributed by atoms with Crippen LogP contribution in [0, 0.1) is 11.3 Å². The van der Waals surface area contributed by atoms with Gasteiger partial charge in [-0.05, 0) is 60.1 Å². The summed E-state index contributed by atoms with van der Waals surface area (Å²) in [5.41, 5.74) is 4.54. The number of esters is 1. The highest BCUT2D eigenvalue weighted by Crippen LogP contribution is 2.47. The molecular formula is C24H28N2O3. The number of hydrogen-bond donors (Lipinski definition) is 2. The van der Waals surface area contributed by atoms with Gasteiger partial charge in [0.1, 0.15) is 0 Å². The fourth-order valence-corrected chi connectivity index (χ4v) is 4.34. The van der Waals surface area contributed by atoms with E-state index in [1.54, 1.807) is 6.07 Å². The van der Waals surface area contributed by atoms with E-state index >= 15 is 0 Å². The normalized spacial score (nSPS) is 20.0. The van der Waals surface area contributed by atoms with Crippen LogP contribution in [0.25, 0.3) is 0 Å². The van der Waals surface area contributed by atoms with Gasteiger partial charge >= 0.3 is 5.97 Å². The van der Waals surface area contributed by atoms with Gasteiger partial charge in [0.25, 0.3) is 0 Å². The van der Waals surface area contributed by atoms with Crippen molar-refractivity contribution in [3.05, 3.63) is 59.2 Å². The van der Waals surface area contributed by atoms with Crippen molar-refractivity contribution in [1.29, 1.82) is 0 Å². The highest BCUT2D eigenvalue weighted by atomic mass is 16.5. The highest BCUT2D eigenvalue weighted by Gasteiger charge is 2.37. The molecular weight excluding hydrogens is 364 g/mol. The molecule has 0 aromatic heterocycles. The number of fused-ring (bicyclic) bond motifs is 1. The second-order valence-electron chi connectivity index (χ2n) is 8.81. The zero-order valence-electron chi connectivity index (χ0n) is 17.2. The van der Waals surface area contributed by atoms with Gasteiger partial charge in [-0.25, -0.2) is 4.79 Å². The van der Waals surface area contributed by atoms with Gasteiger partial charge in [-0.3, -0.25) is 4.79 Å². The van der Waals surface area contributed by atoms with E-state index in [1.807, 2.05) is 30.3 Å². The molecule has 5 nitrogen and oxygen atoms in total. The molecule has 0 bridgehead atoms. The van der Waals surface area contributed by atoms with Crippen LogP contribution in [0.2, 0.25) is 0 Å². The largest absolute Gasteiger partial charge is 0.465 e. The van der Waals surface area contributed by atoms with Crippen LogP contribution < -0.4 is 10.6 Å². The Morgan fingerprint density at radius 3 is 2.59 bits per heavy atom. The standard InChI is InChI=1S/C24H28N2O3/c1-24(2)14-17-13-16(23(28)29-3)11-12-19(17)25-21(24)18-9-4-5-10-20(18)26-22(27)15-7-6-8-15/h4-5,9-13,15,21,25H,6-8,14H2,1-3H3,(H,26,27).